The number of amides is 1. The molecule has 4 heteroatoms. The molecule has 0 bridgehead atoms. The number of benzene rings is 1. The van der Waals surface area contributed by atoms with E-state index in [-0.39, 0.29) is 11.2 Å². The fourth-order valence-corrected chi connectivity index (χ4v) is 2.60. The van der Waals surface area contributed by atoms with Crippen molar-refractivity contribution in [2.45, 2.75) is 11.7 Å². The maximum atomic E-state index is 12.2. The molecular formula is C13H17NO2S. The van der Waals surface area contributed by atoms with Gasteiger partial charge in [0, 0.05) is 6.54 Å². The molecule has 17 heavy (non-hydrogen) atoms. The van der Waals surface area contributed by atoms with Crippen LogP contribution in [0.1, 0.15) is 5.56 Å². The lowest BCUT2D eigenvalue weighted by atomic mass is 10.1. The molecule has 1 saturated heterocycles. The number of carbonyl (C=O) groups excluding carboxylic acids is 1. The minimum atomic E-state index is -0.000833. The molecule has 1 aliphatic heterocycles. The van der Waals surface area contributed by atoms with Crippen LogP contribution in [0.2, 0.25) is 0 Å². The molecule has 1 unspecified atom stereocenters. The monoisotopic (exact) mass is 251 g/mol. The van der Waals surface area contributed by atoms with E-state index in [2.05, 4.69) is 12.1 Å². The van der Waals surface area contributed by atoms with E-state index in [9.17, 15) is 4.79 Å². The van der Waals surface area contributed by atoms with Crippen LogP contribution in [0.15, 0.2) is 30.3 Å². The summed E-state index contributed by atoms with van der Waals surface area (Å²) in [6.45, 7) is 1.84. The van der Waals surface area contributed by atoms with Crippen LogP contribution in [-0.4, -0.2) is 42.2 Å². The number of hydrogen-bond acceptors (Lipinski definition) is 3. The summed E-state index contributed by atoms with van der Waals surface area (Å²) < 4.78 is 5.22. The van der Waals surface area contributed by atoms with Gasteiger partial charge < -0.3 is 9.64 Å². The summed E-state index contributed by atoms with van der Waals surface area (Å²) in [6, 6.07) is 10.1. The maximum Gasteiger partial charge on any atom is 0.237 e. The molecule has 92 valence electrons. The van der Waals surface area contributed by atoms with Crippen molar-refractivity contribution in [1.29, 1.82) is 0 Å². The largest absolute Gasteiger partial charge is 0.359 e. The first-order valence-corrected chi connectivity index (χ1v) is 7.03. The number of ether oxygens (including phenoxy) is 1. The zero-order valence-corrected chi connectivity index (χ0v) is 10.8. The van der Waals surface area contributed by atoms with Crippen molar-refractivity contribution in [3.63, 3.8) is 0 Å². The Morgan fingerprint density at radius 3 is 2.82 bits per heavy atom. The molecule has 0 radical (unpaired) electrons. The fraction of sp³-hybridized carbons (Fsp3) is 0.462. The van der Waals surface area contributed by atoms with Gasteiger partial charge in [-0.15, -0.1) is 0 Å². The zero-order chi connectivity index (χ0) is 12.1. The lowest BCUT2D eigenvalue weighted by molar-refractivity contribution is -0.131. The molecular weight excluding hydrogens is 234 g/mol. The Morgan fingerprint density at radius 1 is 1.47 bits per heavy atom. The van der Waals surface area contributed by atoms with E-state index in [1.54, 1.807) is 16.7 Å². The van der Waals surface area contributed by atoms with Crippen molar-refractivity contribution < 1.29 is 9.53 Å². The van der Waals surface area contributed by atoms with E-state index < -0.39 is 0 Å². The highest BCUT2D eigenvalue weighted by atomic mass is 32.2. The number of nitrogens with zero attached hydrogens (tertiary/aromatic N) is 1. The maximum absolute atomic E-state index is 12.2. The summed E-state index contributed by atoms with van der Waals surface area (Å²) in [5.74, 6) is 0.193. The number of carbonyl (C=O) groups is 1. The average molecular weight is 251 g/mol. The first-order chi connectivity index (χ1) is 8.31. The molecule has 1 atom stereocenters. The predicted molar refractivity (Wildman–Crippen MR) is 70.0 cm³/mol. The molecule has 0 spiro atoms. The van der Waals surface area contributed by atoms with Gasteiger partial charge in [0.15, 0.2) is 0 Å². The van der Waals surface area contributed by atoms with E-state index in [1.165, 1.54) is 5.56 Å². The lowest BCUT2D eigenvalue weighted by Gasteiger charge is -2.20. The van der Waals surface area contributed by atoms with Crippen LogP contribution in [-0.2, 0) is 16.0 Å². The van der Waals surface area contributed by atoms with Crippen LogP contribution >= 0.6 is 11.8 Å². The van der Waals surface area contributed by atoms with Crippen LogP contribution in [0.25, 0.3) is 0 Å². The second-order valence-electron chi connectivity index (χ2n) is 4.05. The fourth-order valence-electron chi connectivity index (χ4n) is 1.89. The first kappa shape index (κ1) is 12.5. The molecule has 1 aromatic rings. The van der Waals surface area contributed by atoms with Crippen molar-refractivity contribution >= 4 is 17.7 Å². The third-order valence-electron chi connectivity index (χ3n) is 2.89. The smallest absolute Gasteiger partial charge is 0.237 e. The Morgan fingerprint density at radius 2 is 2.24 bits per heavy atom. The van der Waals surface area contributed by atoms with Crippen LogP contribution < -0.4 is 0 Å². The molecule has 2 rings (SSSR count). The van der Waals surface area contributed by atoms with Crippen molar-refractivity contribution in [2.24, 2.45) is 0 Å². The summed E-state index contributed by atoms with van der Waals surface area (Å²) in [5, 5.41) is -0.000833. The Balaban J connectivity index is 1.98. The van der Waals surface area contributed by atoms with Gasteiger partial charge in [0.05, 0.1) is 11.9 Å². The second-order valence-corrected chi connectivity index (χ2v) is 5.09. The van der Waals surface area contributed by atoms with Gasteiger partial charge in [0.2, 0.25) is 5.91 Å². The zero-order valence-electron chi connectivity index (χ0n) is 9.96. The van der Waals surface area contributed by atoms with Gasteiger partial charge >= 0.3 is 0 Å². The summed E-state index contributed by atoms with van der Waals surface area (Å²) in [4.78, 5) is 14.0. The Bertz CT molecular complexity index is 363. The van der Waals surface area contributed by atoms with Crippen LogP contribution in [0.3, 0.4) is 0 Å². The highest BCUT2D eigenvalue weighted by molar-refractivity contribution is 7.99. The van der Waals surface area contributed by atoms with Gasteiger partial charge in [0.1, 0.15) is 6.73 Å². The van der Waals surface area contributed by atoms with Gasteiger partial charge in [0.25, 0.3) is 0 Å². The molecule has 0 saturated carbocycles. The van der Waals surface area contributed by atoms with Crippen molar-refractivity contribution in [3.05, 3.63) is 35.9 Å². The third kappa shape index (κ3) is 3.23. The first-order valence-electron chi connectivity index (χ1n) is 5.74. The number of rotatable bonds is 4. The lowest BCUT2D eigenvalue weighted by Crippen LogP contribution is -2.36. The van der Waals surface area contributed by atoms with Gasteiger partial charge in [-0.3, -0.25) is 4.79 Å². The van der Waals surface area contributed by atoms with Gasteiger partial charge in [-0.05, 0) is 18.2 Å². The van der Waals surface area contributed by atoms with E-state index in [4.69, 9.17) is 4.74 Å². The SMILES string of the molecule is CSC(Cc1ccccc1)C(=O)N1CCOC1. The van der Waals surface area contributed by atoms with E-state index in [0.29, 0.717) is 13.3 Å². The van der Waals surface area contributed by atoms with E-state index in [0.717, 1.165) is 13.0 Å². The van der Waals surface area contributed by atoms with E-state index in [1.807, 2.05) is 24.5 Å². The molecule has 0 aliphatic carbocycles. The number of thioether (sulfide) groups is 1. The molecule has 0 N–H and O–H groups in total. The Kier molecular flexibility index (Phi) is 4.45. The summed E-state index contributed by atoms with van der Waals surface area (Å²) >= 11 is 1.61. The normalized spacial score (nSPS) is 17.1. The predicted octanol–water partition coefficient (Wildman–Crippen LogP) is 1.78. The molecule has 1 heterocycles. The third-order valence-corrected chi connectivity index (χ3v) is 3.83. The van der Waals surface area contributed by atoms with Crippen molar-refractivity contribution in [2.75, 3.05) is 26.1 Å². The summed E-state index contributed by atoms with van der Waals surface area (Å²) in [7, 11) is 0. The van der Waals surface area contributed by atoms with Crippen LogP contribution in [0, 0.1) is 0 Å². The van der Waals surface area contributed by atoms with Gasteiger partial charge in [-0.1, -0.05) is 30.3 Å². The highest BCUT2D eigenvalue weighted by Gasteiger charge is 2.26. The quantitative estimate of drug-likeness (QED) is 0.817. The minimum absolute atomic E-state index is 0.000833. The molecule has 1 aromatic carbocycles. The molecule has 1 fully saturated rings. The van der Waals surface area contributed by atoms with Gasteiger partial charge in [-0.2, -0.15) is 11.8 Å². The van der Waals surface area contributed by atoms with Crippen molar-refractivity contribution in [1.82, 2.24) is 4.90 Å². The minimum Gasteiger partial charge on any atom is -0.359 e. The standard InChI is InChI=1S/C13H17NO2S/c1-17-12(9-11-5-3-2-4-6-11)13(15)14-7-8-16-10-14/h2-6,12H,7-10H2,1H3. The second kappa shape index (κ2) is 6.07. The van der Waals surface area contributed by atoms with E-state index >= 15 is 0 Å². The Hall–Kier alpha value is -1.00. The molecule has 3 nitrogen and oxygen atoms in total. The van der Waals surface area contributed by atoms with Gasteiger partial charge in [-0.25, -0.2) is 0 Å². The summed E-state index contributed by atoms with van der Waals surface area (Å²) in [5.41, 5.74) is 1.21. The Labute approximate surface area is 106 Å². The molecule has 1 amide bonds. The van der Waals surface area contributed by atoms with Crippen LogP contribution in [0.5, 0.6) is 0 Å². The van der Waals surface area contributed by atoms with Crippen molar-refractivity contribution in [3.8, 4) is 0 Å². The highest BCUT2D eigenvalue weighted by Crippen LogP contribution is 2.17. The number of hydrogen-bond donors (Lipinski definition) is 0. The molecule has 1 aliphatic rings. The topological polar surface area (TPSA) is 29.5 Å². The molecule has 0 aromatic heterocycles. The van der Waals surface area contributed by atoms with Crippen LogP contribution in [0.4, 0.5) is 0 Å². The average Bonchev–Trinajstić information content (AvgIpc) is 2.90. The summed E-state index contributed by atoms with van der Waals surface area (Å²) in [6.07, 6.45) is 2.78.